The first kappa shape index (κ1) is 12.2. The second-order valence-electron chi connectivity index (χ2n) is 6.45. The molecule has 2 aromatic heterocycles. The van der Waals surface area contributed by atoms with Gasteiger partial charge in [0.05, 0.1) is 0 Å². The first-order valence-corrected chi connectivity index (χ1v) is 8.22. The van der Waals surface area contributed by atoms with Crippen molar-refractivity contribution in [3.05, 3.63) is 72.8 Å². The lowest BCUT2D eigenvalue weighted by Gasteiger charge is -2.00. The predicted octanol–water partition coefficient (Wildman–Crippen LogP) is 6.11. The first-order chi connectivity index (χ1) is 11.9. The summed E-state index contributed by atoms with van der Waals surface area (Å²) in [7, 11) is 0. The van der Waals surface area contributed by atoms with Crippen LogP contribution in [0, 0.1) is 0 Å². The molecule has 6 rings (SSSR count). The number of benzene rings is 4. The number of hydrogen-bond acceptors (Lipinski definition) is 0. The Kier molecular flexibility index (Phi) is 2.12. The monoisotopic (exact) mass is 306 g/mol. The van der Waals surface area contributed by atoms with Crippen molar-refractivity contribution in [2.45, 2.75) is 0 Å². The van der Waals surface area contributed by atoms with E-state index in [1.54, 1.807) is 0 Å². The Balaban J connectivity index is 1.87. The topological polar surface area (TPSA) is 31.6 Å². The second kappa shape index (κ2) is 4.18. The smallest absolute Gasteiger partial charge is 0.0472 e. The molecule has 4 aromatic carbocycles. The third-order valence-electron chi connectivity index (χ3n) is 5.11. The molecule has 0 saturated heterocycles. The molecule has 6 aromatic rings. The summed E-state index contributed by atoms with van der Waals surface area (Å²) in [5.41, 5.74) is 4.77. The summed E-state index contributed by atoms with van der Waals surface area (Å²) in [5.74, 6) is 0. The van der Waals surface area contributed by atoms with Crippen molar-refractivity contribution in [3.8, 4) is 0 Å². The van der Waals surface area contributed by atoms with Crippen LogP contribution in [0.2, 0.25) is 0 Å². The fourth-order valence-corrected chi connectivity index (χ4v) is 4.02. The fraction of sp³-hybridized carbons (Fsp3) is 0. The van der Waals surface area contributed by atoms with Gasteiger partial charge in [0.2, 0.25) is 0 Å². The van der Waals surface area contributed by atoms with E-state index >= 15 is 0 Å². The molecule has 0 amide bonds. The molecular weight excluding hydrogens is 292 g/mol. The zero-order valence-electron chi connectivity index (χ0n) is 12.9. The number of aromatic nitrogens is 2. The van der Waals surface area contributed by atoms with Gasteiger partial charge in [-0.2, -0.15) is 0 Å². The summed E-state index contributed by atoms with van der Waals surface area (Å²) >= 11 is 0. The van der Waals surface area contributed by atoms with E-state index in [4.69, 9.17) is 0 Å². The molecule has 0 aliphatic rings. The first-order valence-electron chi connectivity index (χ1n) is 8.22. The van der Waals surface area contributed by atoms with E-state index in [-0.39, 0.29) is 0 Å². The average molecular weight is 306 g/mol. The van der Waals surface area contributed by atoms with Crippen LogP contribution < -0.4 is 0 Å². The molecule has 0 aliphatic carbocycles. The summed E-state index contributed by atoms with van der Waals surface area (Å²) in [6.07, 6.45) is 0. The van der Waals surface area contributed by atoms with Crippen LogP contribution in [0.4, 0.5) is 0 Å². The van der Waals surface area contributed by atoms with E-state index in [0.29, 0.717) is 0 Å². The Morgan fingerprint density at radius 1 is 0.458 bits per heavy atom. The fourth-order valence-electron chi connectivity index (χ4n) is 4.02. The molecule has 0 unspecified atom stereocenters. The van der Waals surface area contributed by atoms with Crippen LogP contribution in [-0.2, 0) is 0 Å². The minimum atomic E-state index is 1.19. The van der Waals surface area contributed by atoms with Crippen LogP contribution in [0.5, 0.6) is 0 Å². The molecular formula is C22H14N2. The highest BCUT2D eigenvalue weighted by Crippen LogP contribution is 2.36. The Labute approximate surface area is 137 Å². The summed E-state index contributed by atoms with van der Waals surface area (Å²) in [5, 5.41) is 7.72. The SMILES string of the molecule is c1ccc2c(c1)ccc1[nH]c3cc4c(cc3c12)[nH]c1ccccc14. The summed E-state index contributed by atoms with van der Waals surface area (Å²) in [6.45, 7) is 0. The van der Waals surface area contributed by atoms with E-state index in [9.17, 15) is 0 Å². The van der Waals surface area contributed by atoms with Gasteiger partial charge in [0.25, 0.3) is 0 Å². The lowest BCUT2D eigenvalue weighted by atomic mass is 10.0. The zero-order valence-corrected chi connectivity index (χ0v) is 12.9. The summed E-state index contributed by atoms with van der Waals surface area (Å²) < 4.78 is 0. The highest BCUT2D eigenvalue weighted by atomic mass is 14.7. The van der Waals surface area contributed by atoms with Crippen LogP contribution >= 0.6 is 0 Å². The van der Waals surface area contributed by atoms with E-state index in [1.165, 1.54) is 54.4 Å². The van der Waals surface area contributed by atoms with E-state index in [0.717, 1.165) is 0 Å². The second-order valence-corrected chi connectivity index (χ2v) is 6.45. The van der Waals surface area contributed by atoms with Gasteiger partial charge < -0.3 is 9.97 Å². The zero-order chi connectivity index (χ0) is 15.7. The minimum absolute atomic E-state index is 1.19. The molecule has 2 heterocycles. The standard InChI is InChI=1S/C22H14N2/c1-2-6-14-13(5-1)9-10-19-22(14)17-12-20-16(11-21(17)24-19)15-7-3-4-8-18(15)23-20/h1-12,23-24H. The van der Waals surface area contributed by atoms with Gasteiger partial charge in [0, 0.05) is 43.6 Å². The van der Waals surface area contributed by atoms with Gasteiger partial charge in [-0.25, -0.2) is 0 Å². The molecule has 0 aliphatic heterocycles. The molecule has 0 fully saturated rings. The maximum absolute atomic E-state index is 3.60. The largest absolute Gasteiger partial charge is 0.354 e. The van der Waals surface area contributed by atoms with Gasteiger partial charge in [-0.3, -0.25) is 0 Å². The molecule has 0 atom stereocenters. The predicted molar refractivity (Wildman–Crippen MR) is 103 cm³/mol. The van der Waals surface area contributed by atoms with Crippen molar-refractivity contribution in [3.63, 3.8) is 0 Å². The highest BCUT2D eigenvalue weighted by Gasteiger charge is 2.11. The van der Waals surface area contributed by atoms with Gasteiger partial charge in [0.15, 0.2) is 0 Å². The molecule has 0 bridgehead atoms. The Hall–Kier alpha value is -3.26. The summed E-state index contributed by atoms with van der Waals surface area (Å²) in [6, 6.07) is 26.0. The quantitative estimate of drug-likeness (QED) is 0.339. The van der Waals surface area contributed by atoms with Gasteiger partial charge in [-0.15, -0.1) is 0 Å². The molecule has 2 heteroatoms. The third-order valence-corrected chi connectivity index (χ3v) is 5.11. The number of hydrogen-bond donors (Lipinski definition) is 2. The number of fused-ring (bicyclic) bond motifs is 8. The highest BCUT2D eigenvalue weighted by molar-refractivity contribution is 6.23. The normalized spacial score (nSPS) is 12.2. The van der Waals surface area contributed by atoms with Crippen molar-refractivity contribution in [2.24, 2.45) is 0 Å². The van der Waals surface area contributed by atoms with Crippen molar-refractivity contribution in [1.29, 1.82) is 0 Å². The number of para-hydroxylation sites is 1. The Morgan fingerprint density at radius 2 is 1.17 bits per heavy atom. The number of aromatic amines is 2. The van der Waals surface area contributed by atoms with Crippen LogP contribution in [-0.4, -0.2) is 9.97 Å². The molecule has 0 saturated carbocycles. The van der Waals surface area contributed by atoms with Crippen molar-refractivity contribution < 1.29 is 0 Å². The maximum Gasteiger partial charge on any atom is 0.0472 e. The van der Waals surface area contributed by atoms with Crippen molar-refractivity contribution in [2.75, 3.05) is 0 Å². The molecule has 2 N–H and O–H groups in total. The Morgan fingerprint density at radius 3 is 2.12 bits per heavy atom. The summed E-state index contributed by atoms with van der Waals surface area (Å²) in [4.78, 5) is 7.16. The van der Waals surface area contributed by atoms with E-state index in [1.807, 2.05) is 0 Å². The van der Waals surface area contributed by atoms with Crippen molar-refractivity contribution in [1.82, 2.24) is 9.97 Å². The lowest BCUT2D eigenvalue weighted by Crippen LogP contribution is -1.74. The van der Waals surface area contributed by atoms with Gasteiger partial charge in [-0.05, 0) is 35.0 Å². The third kappa shape index (κ3) is 1.45. The minimum Gasteiger partial charge on any atom is -0.354 e. The van der Waals surface area contributed by atoms with Crippen LogP contribution in [0.25, 0.3) is 54.4 Å². The van der Waals surface area contributed by atoms with Crippen LogP contribution in [0.3, 0.4) is 0 Å². The molecule has 2 nitrogen and oxygen atoms in total. The average Bonchev–Trinajstić information content (AvgIpc) is 3.17. The van der Waals surface area contributed by atoms with Gasteiger partial charge in [-0.1, -0.05) is 48.5 Å². The maximum atomic E-state index is 3.60. The molecule has 0 radical (unpaired) electrons. The molecule has 112 valence electrons. The van der Waals surface area contributed by atoms with E-state index in [2.05, 4.69) is 82.8 Å². The number of H-pyrrole nitrogens is 2. The number of rotatable bonds is 0. The molecule has 24 heavy (non-hydrogen) atoms. The van der Waals surface area contributed by atoms with Crippen LogP contribution in [0.15, 0.2) is 72.8 Å². The molecule has 0 spiro atoms. The Bertz CT molecular complexity index is 1400. The van der Waals surface area contributed by atoms with E-state index < -0.39 is 0 Å². The van der Waals surface area contributed by atoms with Gasteiger partial charge in [0.1, 0.15) is 0 Å². The van der Waals surface area contributed by atoms with Crippen molar-refractivity contribution >= 4 is 54.4 Å². The lowest BCUT2D eigenvalue weighted by molar-refractivity contribution is 1.54. The van der Waals surface area contributed by atoms with Crippen LogP contribution in [0.1, 0.15) is 0 Å². The number of nitrogens with one attached hydrogen (secondary N) is 2. The van der Waals surface area contributed by atoms with Gasteiger partial charge >= 0.3 is 0 Å².